The molecule has 1 atom stereocenters. The zero-order valence-corrected chi connectivity index (χ0v) is 33.6. The van der Waals surface area contributed by atoms with Gasteiger partial charge < -0.3 is 24.6 Å². The number of nitrogens with one attached hydrogen (secondary N) is 2. The lowest BCUT2D eigenvalue weighted by Gasteiger charge is -2.13. The summed E-state index contributed by atoms with van der Waals surface area (Å²) < 4.78 is 83.5. The Kier molecular flexibility index (Phi) is 17.6. The van der Waals surface area contributed by atoms with Gasteiger partial charge in [-0.15, -0.1) is 5.10 Å². The molecule has 0 saturated carbocycles. The van der Waals surface area contributed by atoms with E-state index in [1.807, 2.05) is 13.8 Å². The molecule has 0 saturated heterocycles. The van der Waals surface area contributed by atoms with Gasteiger partial charge in [0.05, 0.1) is 35.9 Å². The third-order valence-electron chi connectivity index (χ3n) is 8.02. The van der Waals surface area contributed by atoms with Crippen LogP contribution in [0.25, 0.3) is 5.69 Å². The van der Waals surface area contributed by atoms with E-state index in [9.17, 15) is 35.9 Å². The van der Waals surface area contributed by atoms with Crippen LogP contribution >= 0.6 is 0 Å². The molecule has 1 aromatic heterocycles. The highest BCUT2D eigenvalue weighted by Gasteiger charge is 2.31. The highest BCUT2D eigenvalue weighted by atomic mass is 19.4. The molecule has 1 amide bonds. The molecule has 1 unspecified atom stereocenters. The van der Waals surface area contributed by atoms with Gasteiger partial charge in [-0.05, 0) is 55.3 Å². The number of ether oxygens (including phenoxy) is 1. The summed E-state index contributed by atoms with van der Waals surface area (Å²) in [7, 11) is 4.16. The van der Waals surface area contributed by atoms with Crippen molar-refractivity contribution in [2.45, 2.75) is 52.8 Å². The topological polar surface area (TPSA) is 154 Å². The highest BCUT2D eigenvalue weighted by Crippen LogP contribution is 2.32. The van der Waals surface area contributed by atoms with Crippen LogP contribution in [0, 0.1) is 0 Å². The molecule has 320 valence electrons. The SMILES string of the molecule is CC.CNC(=O)/C(=N/OC)c1ccccc1/C=N/OC(C)c1cccc(C(F)(F)F)c1.COc1n[nH]c(=O)n1-c1ccccc1CO/N=C(\C)c1cccc(C(F)(F)F)c1. The maximum atomic E-state index is 12.9. The van der Waals surface area contributed by atoms with Gasteiger partial charge in [0, 0.05) is 23.7 Å². The number of hydrogen-bond donors (Lipinski definition) is 2. The molecule has 0 aliphatic carbocycles. The van der Waals surface area contributed by atoms with Crippen molar-refractivity contribution in [3.63, 3.8) is 0 Å². The van der Waals surface area contributed by atoms with Gasteiger partial charge in [0.15, 0.2) is 5.71 Å². The maximum absolute atomic E-state index is 12.9. The van der Waals surface area contributed by atoms with Crippen molar-refractivity contribution in [2.24, 2.45) is 15.5 Å². The number of hydrogen-bond acceptors (Lipinski definition) is 10. The van der Waals surface area contributed by atoms with E-state index in [0.29, 0.717) is 33.5 Å². The molecule has 2 N–H and O–H groups in total. The Labute approximate surface area is 341 Å². The van der Waals surface area contributed by atoms with Gasteiger partial charge in [-0.3, -0.25) is 4.79 Å². The zero-order chi connectivity index (χ0) is 44.5. The normalized spacial score (nSPS) is 12.3. The van der Waals surface area contributed by atoms with E-state index >= 15 is 0 Å². The summed E-state index contributed by atoms with van der Waals surface area (Å²) in [6, 6.07) is 23.4. The minimum Gasteiger partial charge on any atom is -0.467 e. The van der Waals surface area contributed by atoms with E-state index in [1.54, 1.807) is 62.4 Å². The van der Waals surface area contributed by atoms with Gasteiger partial charge in [0.2, 0.25) is 0 Å². The first-order valence-corrected chi connectivity index (χ1v) is 18.0. The van der Waals surface area contributed by atoms with Crippen LogP contribution in [0.15, 0.2) is 117 Å². The van der Waals surface area contributed by atoms with Crippen LogP contribution in [0.5, 0.6) is 6.01 Å². The number of benzene rings is 4. The van der Waals surface area contributed by atoms with E-state index in [-0.39, 0.29) is 24.0 Å². The number of aromatic nitrogens is 3. The van der Waals surface area contributed by atoms with Gasteiger partial charge in [-0.2, -0.15) is 26.3 Å². The number of para-hydroxylation sites is 1. The summed E-state index contributed by atoms with van der Waals surface area (Å²) >= 11 is 0. The van der Waals surface area contributed by atoms with Crippen molar-refractivity contribution in [1.82, 2.24) is 20.1 Å². The third-order valence-corrected chi connectivity index (χ3v) is 8.02. The minimum atomic E-state index is -4.44. The molecule has 1 heterocycles. The molecule has 0 radical (unpaired) electrons. The number of alkyl halides is 6. The first kappa shape index (κ1) is 47.5. The van der Waals surface area contributed by atoms with Crippen LogP contribution in [0.2, 0.25) is 0 Å². The minimum absolute atomic E-state index is 0.0206. The Morgan fingerprint density at radius 3 is 2.17 bits per heavy atom. The first-order chi connectivity index (χ1) is 28.6. The number of nitrogens with zero attached hydrogens (tertiary/aromatic N) is 5. The Balaban J connectivity index is 0.000000308. The Bertz CT molecular complexity index is 2320. The molecule has 5 aromatic rings. The van der Waals surface area contributed by atoms with Crippen LogP contribution in [0.1, 0.15) is 72.7 Å². The molecular weight excluding hydrogens is 800 g/mol. The van der Waals surface area contributed by atoms with Gasteiger partial charge >= 0.3 is 24.1 Å². The smallest absolute Gasteiger partial charge is 0.416 e. The molecule has 0 spiro atoms. The number of likely N-dealkylation sites (N-methyl/N-ethyl adjacent to an activating group) is 1. The summed E-state index contributed by atoms with van der Waals surface area (Å²) in [4.78, 5) is 39.5. The lowest BCUT2D eigenvalue weighted by molar-refractivity contribution is -0.138. The largest absolute Gasteiger partial charge is 0.467 e. The van der Waals surface area contributed by atoms with Crippen molar-refractivity contribution in [2.75, 3.05) is 21.3 Å². The molecule has 0 aliphatic heterocycles. The lowest BCUT2D eigenvalue weighted by Crippen LogP contribution is -2.29. The molecule has 0 aliphatic rings. The summed E-state index contributed by atoms with van der Waals surface area (Å²) in [5, 5.41) is 20.1. The van der Waals surface area contributed by atoms with Crippen molar-refractivity contribution >= 4 is 23.5 Å². The molecule has 0 fully saturated rings. The predicted octanol–water partition coefficient (Wildman–Crippen LogP) is 8.47. The van der Waals surface area contributed by atoms with E-state index in [2.05, 4.69) is 31.0 Å². The number of carbonyl (C=O) groups is 1. The number of oxime groups is 3. The number of aromatic amines is 1. The molecule has 13 nitrogen and oxygen atoms in total. The van der Waals surface area contributed by atoms with Crippen LogP contribution in [-0.4, -0.2) is 59.6 Å². The van der Waals surface area contributed by atoms with E-state index < -0.39 is 41.2 Å². The van der Waals surface area contributed by atoms with Gasteiger partial charge in [0.25, 0.3) is 5.91 Å². The second kappa shape index (κ2) is 22.3. The average molecular weight is 844 g/mol. The number of halogens is 6. The fourth-order valence-electron chi connectivity index (χ4n) is 5.11. The number of methoxy groups -OCH3 is 1. The van der Waals surface area contributed by atoms with Crippen molar-refractivity contribution in [3.05, 3.63) is 146 Å². The zero-order valence-electron chi connectivity index (χ0n) is 33.6. The molecular formula is C41H43F6N7O6. The van der Waals surface area contributed by atoms with E-state index in [1.165, 1.54) is 56.3 Å². The van der Waals surface area contributed by atoms with Gasteiger partial charge in [0.1, 0.15) is 19.8 Å². The lowest BCUT2D eigenvalue weighted by atomic mass is 10.0. The number of carbonyl (C=O) groups excluding carboxylic acids is 1. The average Bonchev–Trinajstić information content (AvgIpc) is 3.63. The van der Waals surface area contributed by atoms with E-state index in [0.717, 1.165) is 24.3 Å². The summed E-state index contributed by atoms with van der Waals surface area (Å²) in [6.45, 7) is 7.11. The summed E-state index contributed by atoms with van der Waals surface area (Å²) in [5.74, 6) is -0.453. The second-order valence-corrected chi connectivity index (χ2v) is 11.9. The molecule has 19 heteroatoms. The quantitative estimate of drug-likeness (QED) is 0.0685. The Morgan fingerprint density at radius 2 is 1.52 bits per heavy atom. The fourth-order valence-corrected chi connectivity index (χ4v) is 5.11. The van der Waals surface area contributed by atoms with Crippen LogP contribution in [0.4, 0.5) is 26.3 Å². The third kappa shape index (κ3) is 13.0. The van der Waals surface area contributed by atoms with Crippen molar-refractivity contribution in [3.8, 4) is 11.7 Å². The highest BCUT2D eigenvalue weighted by molar-refractivity contribution is 6.46. The monoisotopic (exact) mass is 843 g/mol. The number of amides is 1. The predicted molar refractivity (Wildman–Crippen MR) is 213 cm³/mol. The van der Waals surface area contributed by atoms with Gasteiger partial charge in [-0.25, -0.2) is 14.5 Å². The molecule has 0 bridgehead atoms. The van der Waals surface area contributed by atoms with Crippen LogP contribution in [0.3, 0.4) is 0 Å². The van der Waals surface area contributed by atoms with Crippen LogP contribution in [-0.2, 0) is 38.3 Å². The van der Waals surface area contributed by atoms with Crippen LogP contribution < -0.4 is 15.7 Å². The van der Waals surface area contributed by atoms with Crippen molar-refractivity contribution in [1.29, 1.82) is 0 Å². The maximum Gasteiger partial charge on any atom is 0.416 e. The number of H-pyrrole nitrogens is 1. The Hall–Kier alpha value is -6.92. The summed E-state index contributed by atoms with van der Waals surface area (Å²) in [5.41, 5.74) is 0.999. The standard InChI is InChI=1S/C20H20F3N3O3.C19H17F3N4O3.C2H6/c1-13(14-8-6-9-16(11-14)20(21,22)23)29-25-12-15-7-4-5-10-17(15)18(26-28-3)19(27)24-2;1-12(13-7-5-8-15(10-13)19(20,21)22)25-29-11-14-6-3-4-9-16(14)26-17(27)23-24-18(26)28-2;1-2/h4-13H,1-3H3,(H,24,27);3-10H,11H2,1-2H3,(H,23,27);1-2H3/b25-12+,26-18+;25-12+;. The Morgan fingerprint density at radius 1 is 0.883 bits per heavy atom. The first-order valence-electron chi connectivity index (χ1n) is 18.0. The number of rotatable bonds is 13. The second-order valence-electron chi connectivity index (χ2n) is 11.9. The molecule has 5 rings (SSSR count). The molecule has 60 heavy (non-hydrogen) atoms. The molecule has 4 aromatic carbocycles. The van der Waals surface area contributed by atoms with Gasteiger partial charge in [-0.1, -0.05) is 96.0 Å². The van der Waals surface area contributed by atoms with E-state index in [4.69, 9.17) is 19.2 Å². The fraction of sp³-hybridized carbons (Fsp3) is 0.268. The van der Waals surface area contributed by atoms with Crippen molar-refractivity contribution < 1.29 is 50.4 Å². The summed E-state index contributed by atoms with van der Waals surface area (Å²) in [6.07, 6.45) is -8.23.